The molecule has 74 valence electrons. The van der Waals surface area contributed by atoms with E-state index >= 15 is 0 Å². The highest BCUT2D eigenvalue weighted by molar-refractivity contribution is 6.31. The van der Waals surface area contributed by atoms with Gasteiger partial charge in [-0.15, -0.1) is 13.2 Å². The first-order valence-electron chi connectivity index (χ1n) is 2.17. The standard InChI is InChI=1S/C3Cl2F6O/c4-1(6,7)2(5,8)12-3(9,10)11/t2-/m1/s1. The third-order valence-corrected chi connectivity index (χ3v) is 1.23. The molecular weight excluding hydrogens is 237 g/mol. The van der Waals surface area contributed by atoms with Crippen LogP contribution >= 0.6 is 23.2 Å². The number of rotatable bonds is 2. The van der Waals surface area contributed by atoms with E-state index in [-0.39, 0.29) is 0 Å². The highest BCUT2D eigenvalue weighted by atomic mass is 35.5. The molecule has 0 aromatic rings. The summed E-state index contributed by atoms with van der Waals surface area (Å²) in [4.78, 5) is 0. The van der Waals surface area contributed by atoms with E-state index in [1.807, 2.05) is 0 Å². The molecule has 0 aliphatic rings. The van der Waals surface area contributed by atoms with Crippen LogP contribution in [-0.2, 0) is 4.74 Å². The number of hydrogen-bond acceptors (Lipinski definition) is 1. The number of halogens is 8. The molecule has 0 spiro atoms. The summed E-state index contributed by atoms with van der Waals surface area (Å²) >= 11 is 7.87. The molecule has 0 saturated carbocycles. The van der Waals surface area contributed by atoms with Gasteiger partial charge in [0.25, 0.3) is 0 Å². The zero-order chi connectivity index (χ0) is 10.2. The van der Waals surface area contributed by atoms with Gasteiger partial charge in [0.1, 0.15) is 0 Å². The lowest BCUT2D eigenvalue weighted by atomic mass is 10.7. The predicted octanol–water partition coefficient (Wildman–Crippen LogP) is 3.22. The Morgan fingerprint density at radius 3 is 1.25 bits per heavy atom. The summed E-state index contributed by atoms with van der Waals surface area (Å²) in [6, 6.07) is 0. The van der Waals surface area contributed by atoms with Gasteiger partial charge in [0.2, 0.25) is 0 Å². The molecule has 0 bridgehead atoms. The van der Waals surface area contributed by atoms with Crippen molar-refractivity contribution >= 4 is 23.2 Å². The molecule has 0 aromatic heterocycles. The normalized spacial score (nSPS) is 19.0. The molecule has 0 aromatic carbocycles. The van der Waals surface area contributed by atoms with Crippen LogP contribution in [0.15, 0.2) is 0 Å². The number of alkyl halides is 8. The van der Waals surface area contributed by atoms with Gasteiger partial charge in [-0.25, -0.2) is 4.74 Å². The van der Waals surface area contributed by atoms with Crippen LogP contribution in [-0.4, -0.2) is 17.1 Å². The Morgan fingerprint density at radius 1 is 0.833 bits per heavy atom. The monoisotopic (exact) mass is 236 g/mol. The van der Waals surface area contributed by atoms with Crippen LogP contribution in [0, 0.1) is 0 Å². The summed E-state index contributed by atoms with van der Waals surface area (Å²) in [6.07, 6.45) is -5.63. The average molecular weight is 237 g/mol. The van der Waals surface area contributed by atoms with Gasteiger partial charge >= 0.3 is 17.1 Å². The molecule has 0 unspecified atom stereocenters. The summed E-state index contributed by atoms with van der Waals surface area (Å²) in [5, 5.41) is -9.77. The quantitative estimate of drug-likeness (QED) is 0.529. The third kappa shape index (κ3) is 3.68. The second-order valence-corrected chi connectivity index (χ2v) is 2.52. The van der Waals surface area contributed by atoms with Crippen molar-refractivity contribution in [2.45, 2.75) is 17.1 Å². The topological polar surface area (TPSA) is 9.23 Å². The first kappa shape index (κ1) is 12.1. The summed E-state index contributed by atoms with van der Waals surface area (Å²) in [5.74, 6) is 0. The zero-order valence-corrected chi connectivity index (χ0v) is 6.44. The molecule has 0 rings (SSSR count). The highest BCUT2D eigenvalue weighted by Gasteiger charge is 2.59. The molecule has 9 heteroatoms. The predicted molar refractivity (Wildman–Crippen MR) is 27.6 cm³/mol. The van der Waals surface area contributed by atoms with Crippen molar-refractivity contribution in [1.82, 2.24) is 0 Å². The lowest BCUT2D eigenvalue weighted by Crippen LogP contribution is -2.41. The van der Waals surface area contributed by atoms with E-state index in [1.54, 1.807) is 0 Å². The van der Waals surface area contributed by atoms with E-state index in [0.29, 0.717) is 0 Å². The summed E-state index contributed by atoms with van der Waals surface area (Å²) in [5.41, 5.74) is 0. The first-order chi connectivity index (χ1) is 4.96. The van der Waals surface area contributed by atoms with Gasteiger partial charge in [-0.1, -0.05) is 0 Å². The van der Waals surface area contributed by atoms with Crippen LogP contribution < -0.4 is 0 Å². The Bertz CT molecular complexity index is 159. The summed E-state index contributed by atoms with van der Waals surface area (Å²) in [7, 11) is 0. The molecule has 0 heterocycles. The van der Waals surface area contributed by atoms with E-state index in [2.05, 4.69) is 27.9 Å². The minimum atomic E-state index is -5.63. The van der Waals surface area contributed by atoms with Gasteiger partial charge in [0.15, 0.2) is 0 Å². The molecular formula is C3Cl2F6O. The van der Waals surface area contributed by atoms with E-state index in [9.17, 15) is 26.3 Å². The average Bonchev–Trinajstić information content (AvgIpc) is 1.52. The summed E-state index contributed by atoms with van der Waals surface area (Å²) < 4.78 is 71.0. The van der Waals surface area contributed by atoms with Gasteiger partial charge < -0.3 is 0 Å². The maximum absolute atomic E-state index is 12.0. The minimum Gasteiger partial charge on any atom is -0.234 e. The number of ether oxygens (including phenoxy) is 1. The fraction of sp³-hybridized carbons (Fsp3) is 1.00. The fourth-order valence-corrected chi connectivity index (χ4v) is 0.329. The van der Waals surface area contributed by atoms with E-state index in [1.165, 1.54) is 0 Å². The largest absolute Gasteiger partial charge is 0.526 e. The van der Waals surface area contributed by atoms with E-state index in [4.69, 9.17) is 0 Å². The molecule has 1 nitrogen and oxygen atoms in total. The van der Waals surface area contributed by atoms with Crippen LogP contribution in [0.4, 0.5) is 26.3 Å². The molecule has 0 aliphatic heterocycles. The summed E-state index contributed by atoms with van der Waals surface area (Å²) in [6.45, 7) is 0. The van der Waals surface area contributed by atoms with Crippen LogP contribution in [0.1, 0.15) is 0 Å². The van der Waals surface area contributed by atoms with Crippen molar-refractivity contribution in [2.24, 2.45) is 0 Å². The van der Waals surface area contributed by atoms with Crippen LogP contribution in [0.3, 0.4) is 0 Å². The van der Waals surface area contributed by atoms with E-state index in [0.717, 1.165) is 0 Å². The van der Waals surface area contributed by atoms with Gasteiger partial charge in [0.05, 0.1) is 0 Å². The molecule has 0 amide bonds. The van der Waals surface area contributed by atoms with Crippen molar-refractivity contribution in [3.63, 3.8) is 0 Å². The Balaban J connectivity index is 4.44. The SMILES string of the molecule is FC(F)(F)O[C@@](F)(Cl)C(F)(F)Cl. The lowest BCUT2D eigenvalue weighted by molar-refractivity contribution is -0.392. The number of hydrogen-bond donors (Lipinski definition) is 0. The zero-order valence-electron chi connectivity index (χ0n) is 4.93. The molecule has 1 atom stereocenters. The second-order valence-electron chi connectivity index (χ2n) is 1.56. The Morgan fingerprint density at radius 2 is 1.17 bits per heavy atom. The molecule has 0 radical (unpaired) electrons. The van der Waals surface area contributed by atoms with E-state index < -0.39 is 17.1 Å². The van der Waals surface area contributed by atoms with Gasteiger partial charge in [-0.05, 0) is 23.2 Å². The minimum absolute atomic E-state index is 2.21. The highest BCUT2D eigenvalue weighted by Crippen LogP contribution is 2.43. The van der Waals surface area contributed by atoms with Crippen molar-refractivity contribution < 1.29 is 31.1 Å². The third-order valence-electron chi connectivity index (χ3n) is 0.574. The van der Waals surface area contributed by atoms with Crippen LogP contribution in [0.25, 0.3) is 0 Å². The Kier molecular flexibility index (Phi) is 3.15. The van der Waals surface area contributed by atoms with Gasteiger partial charge in [-0.2, -0.15) is 13.2 Å². The molecule has 0 fully saturated rings. The molecule has 0 aliphatic carbocycles. The molecule has 12 heavy (non-hydrogen) atoms. The van der Waals surface area contributed by atoms with Crippen LogP contribution in [0.5, 0.6) is 0 Å². The Labute approximate surface area is 72.2 Å². The lowest BCUT2D eigenvalue weighted by Gasteiger charge is -2.23. The molecule has 0 saturated heterocycles. The maximum atomic E-state index is 12.0. The smallest absolute Gasteiger partial charge is 0.234 e. The van der Waals surface area contributed by atoms with Crippen LogP contribution in [0.2, 0.25) is 0 Å². The van der Waals surface area contributed by atoms with Crippen molar-refractivity contribution in [3.8, 4) is 0 Å². The molecule has 0 N–H and O–H groups in total. The van der Waals surface area contributed by atoms with Gasteiger partial charge in [-0.3, -0.25) is 0 Å². The first-order valence-corrected chi connectivity index (χ1v) is 2.93. The van der Waals surface area contributed by atoms with Crippen molar-refractivity contribution in [2.75, 3.05) is 0 Å². The maximum Gasteiger partial charge on any atom is 0.526 e. The van der Waals surface area contributed by atoms with Gasteiger partial charge in [0, 0.05) is 0 Å². The Hall–Kier alpha value is 0.120. The van der Waals surface area contributed by atoms with Crippen molar-refractivity contribution in [3.05, 3.63) is 0 Å². The fourth-order valence-electron chi connectivity index (χ4n) is 0.203. The second kappa shape index (κ2) is 3.12. The van der Waals surface area contributed by atoms with Crippen molar-refractivity contribution in [1.29, 1.82) is 0 Å².